The molecular formula is C23H22FN3. The van der Waals surface area contributed by atoms with Crippen LogP contribution in [-0.2, 0) is 0 Å². The Balaban J connectivity index is 1.50. The summed E-state index contributed by atoms with van der Waals surface area (Å²) >= 11 is 0. The molecule has 0 radical (unpaired) electrons. The van der Waals surface area contributed by atoms with Crippen molar-refractivity contribution < 1.29 is 4.39 Å². The van der Waals surface area contributed by atoms with Crippen LogP contribution in [0.2, 0.25) is 0 Å². The van der Waals surface area contributed by atoms with Gasteiger partial charge in [-0.3, -0.25) is 9.88 Å². The van der Waals surface area contributed by atoms with Gasteiger partial charge in [0.25, 0.3) is 0 Å². The zero-order chi connectivity index (χ0) is 18.6. The van der Waals surface area contributed by atoms with Gasteiger partial charge in [0.1, 0.15) is 5.82 Å². The molecular weight excluding hydrogens is 337 g/mol. The van der Waals surface area contributed by atoms with Crippen LogP contribution < -0.4 is 0 Å². The molecule has 0 unspecified atom stereocenters. The molecule has 1 aromatic heterocycles. The standard InChI is InChI=1S/C23H22FN3/c1-26-10-12-27(13-11-26)9-3-4-18-7-8-20-15-21(17-25-23(20)14-18)19-5-2-6-22(24)16-19/h2,5-8,14-17H,9-13H2,1H3. The van der Waals surface area contributed by atoms with Crippen LogP contribution >= 0.6 is 0 Å². The molecule has 27 heavy (non-hydrogen) atoms. The Morgan fingerprint density at radius 1 is 1.00 bits per heavy atom. The molecule has 0 saturated carbocycles. The first-order valence-corrected chi connectivity index (χ1v) is 9.23. The molecule has 1 aliphatic rings. The molecule has 0 aliphatic carbocycles. The first kappa shape index (κ1) is 17.7. The highest BCUT2D eigenvalue weighted by Crippen LogP contribution is 2.23. The molecule has 4 rings (SSSR count). The lowest BCUT2D eigenvalue weighted by Gasteiger charge is -2.30. The Labute approximate surface area is 159 Å². The van der Waals surface area contributed by atoms with Gasteiger partial charge in [-0.05, 0) is 42.9 Å². The van der Waals surface area contributed by atoms with Crippen LogP contribution in [0.1, 0.15) is 5.56 Å². The first-order valence-electron chi connectivity index (χ1n) is 9.23. The van der Waals surface area contributed by atoms with E-state index < -0.39 is 0 Å². The van der Waals surface area contributed by atoms with Gasteiger partial charge in [-0.15, -0.1) is 0 Å². The second-order valence-electron chi connectivity index (χ2n) is 7.02. The van der Waals surface area contributed by atoms with Crippen molar-refractivity contribution in [1.29, 1.82) is 0 Å². The Hall–Kier alpha value is -2.74. The number of hydrogen-bond acceptors (Lipinski definition) is 3. The largest absolute Gasteiger partial charge is 0.304 e. The average molecular weight is 359 g/mol. The summed E-state index contributed by atoms with van der Waals surface area (Å²) in [4.78, 5) is 9.28. The van der Waals surface area contributed by atoms with Gasteiger partial charge in [-0.2, -0.15) is 0 Å². The summed E-state index contributed by atoms with van der Waals surface area (Å²) in [6.45, 7) is 5.17. The van der Waals surface area contributed by atoms with Crippen LogP contribution in [0.25, 0.3) is 22.0 Å². The quantitative estimate of drug-likeness (QED) is 0.651. The maximum Gasteiger partial charge on any atom is 0.123 e. The highest BCUT2D eigenvalue weighted by atomic mass is 19.1. The third kappa shape index (κ3) is 4.33. The summed E-state index contributed by atoms with van der Waals surface area (Å²) < 4.78 is 13.5. The van der Waals surface area contributed by atoms with Gasteiger partial charge < -0.3 is 4.90 Å². The molecule has 1 aliphatic heterocycles. The summed E-state index contributed by atoms with van der Waals surface area (Å²) in [6, 6.07) is 14.7. The predicted molar refractivity (Wildman–Crippen MR) is 108 cm³/mol. The highest BCUT2D eigenvalue weighted by Gasteiger charge is 2.11. The van der Waals surface area contributed by atoms with Crippen LogP contribution in [0.15, 0.2) is 54.7 Å². The lowest BCUT2D eigenvalue weighted by Crippen LogP contribution is -2.44. The molecule has 0 N–H and O–H groups in total. The van der Waals surface area contributed by atoms with Crippen molar-refractivity contribution in [3.63, 3.8) is 0 Å². The number of rotatable bonds is 2. The molecule has 0 spiro atoms. The molecule has 1 saturated heterocycles. The Morgan fingerprint density at radius 3 is 2.67 bits per heavy atom. The third-order valence-corrected chi connectivity index (χ3v) is 4.97. The minimum absolute atomic E-state index is 0.237. The summed E-state index contributed by atoms with van der Waals surface area (Å²) in [5, 5.41) is 1.03. The number of likely N-dealkylation sites (N-methyl/N-ethyl adjacent to an activating group) is 1. The third-order valence-electron chi connectivity index (χ3n) is 4.97. The van der Waals surface area contributed by atoms with Crippen LogP contribution in [0, 0.1) is 17.7 Å². The fraction of sp³-hybridized carbons (Fsp3) is 0.261. The van der Waals surface area contributed by atoms with Gasteiger partial charge in [0.05, 0.1) is 12.1 Å². The zero-order valence-corrected chi connectivity index (χ0v) is 15.5. The van der Waals surface area contributed by atoms with Gasteiger partial charge in [-0.1, -0.05) is 30.0 Å². The van der Waals surface area contributed by atoms with Crippen LogP contribution in [0.3, 0.4) is 0 Å². The average Bonchev–Trinajstić information content (AvgIpc) is 2.69. The van der Waals surface area contributed by atoms with Gasteiger partial charge in [0.15, 0.2) is 0 Å². The highest BCUT2D eigenvalue weighted by molar-refractivity contribution is 5.84. The molecule has 3 aromatic rings. The molecule has 0 amide bonds. The summed E-state index contributed by atoms with van der Waals surface area (Å²) in [7, 11) is 2.16. The zero-order valence-electron chi connectivity index (χ0n) is 15.5. The summed E-state index contributed by atoms with van der Waals surface area (Å²) in [6.07, 6.45) is 1.79. The van der Waals surface area contributed by atoms with E-state index in [1.807, 2.05) is 30.3 Å². The number of piperazine rings is 1. The number of halogens is 1. The Bertz CT molecular complexity index is 1010. The van der Waals surface area contributed by atoms with E-state index >= 15 is 0 Å². The maximum absolute atomic E-state index is 13.5. The number of benzene rings is 2. The lowest BCUT2D eigenvalue weighted by atomic mass is 10.0. The first-order chi connectivity index (χ1) is 13.2. The smallest absolute Gasteiger partial charge is 0.123 e. The number of fused-ring (bicyclic) bond motifs is 1. The maximum atomic E-state index is 13.5. The second kappa shape index (κ2) is 7.87. The molecule has 0 atom stereocenters. The molecule has 2 heterocycles. The van der Waals surface area contributed by atoms with E-state index in [1.54, 1.807) is 12.3 Å². The number of hydrogen-bond donors (Lipinski definition) is 0. The predicted octanol–water partition coefficient (Wildman–Crippen LogP) is 3.64. The topological polar surface area (TPSA) is 19.4 Å². The summed E-state index contributed by atoms with van der Waals surface area (Å²) in [5.41, 5.74) is 3.63. The second-order valence-corrected chi connectivity index (χ2v) is 7.02. The fourth-order valence-corrected chi connectivity index (χ4v) is 3.28. The number of pyridine rings is 1. The van der Waals surface area contributed by atoms with Gasteiger partial charge in [0.2, 0.25) is 0 Å². The van der Waals surface area contributed by atoms with E-state index in [-0.39, 0.29) is 5.82 Å². The molecule has 136 valence electrons. The lowest BCUT2D eigenvalue weighted by molar-refractivity contribution is 0.168. The minimum atomic E-state index is -0.237. The van der Waals surface area contributed by atoms with Crippen molar-refractivity contribution in [3.8, 4) is 23.0 Å². The number of nitrogens with zero attached hydrogens (tertiary/aromatic N) is 3. The van der Waals surface area contributed by atoms with Crippen molar-refractivity contribution in [1.82, 2.24) is 14.8 Å². The van der Waals surface area contributed by atoms with Crippen LogP contribution in [-0.4, -0.2) is 54.6 Å². The SMILES string of the molecule is CN1CCN(CC#Cc2ccc3cc(-c4cccc(F)c4)cnc3c2)CC1. The molecule has 0 bridgehead atoms. The van der Waals surface area contributed by atoms with E-state index in [0.717, 1.165) is 60.3 Å². The van der Waals surface area contributed by atoms with Crippen molar-refractivity contribution >= 4 is 10.9 Å². The monoisotopic (exact) mass is 359 g/mol. The molecule has 2 aromatic carbocycles. The van der Waals surface area contributed by atoms with Crippen molar-refractivity contribution in [2.45, 2.75) is 0 Å². The van der Waals surface area contributed by atoms with Gasteiger partial charge in [-0.25, -0.2) is 4.39 Å². The Morgan fingerprint density at radius 2 is 1.85 bits per heavy atom. The van der Waals surface area contributed by atoms with Crippen molar-refractivity contribution in [2.24, 2.45) is 0 Å². The van der Waals surface area contributed by atoms with E-state index in [9.17, 15) is 4.39 Å². The van der Waals surface area contributed by atoms with Crippen molar-refractivity contribution in [2.75, 3.05) is 39.8 Å². The van der Waals surface area contributed by atoms with Gasteiger partial charge in [0, 0.05) is 48.9 Å². The normalized spacial score (nSPS) is 15.5. The fourth-order valence-electron chi connectivity index (χ4n) is 3.28. The number of aromatic nitrogens is 1. The molecule has 1 fully saturated rings. The molecule has 4 heteroatoms. The molecule has 3 nitrogen and oxygen atoms in total. The van der Waals surface area contributed by atoms with Crippen molar-refractivity contribution in [3.05, 3.63) is 66.1 Å². The van der Waals surface area contributed by atoms with E-state index in [1.165, 1.54) is 12.1 Å². The van der Waals surface area contributed by atoms with Crippen LogP contribution in [0.4, 0.5) is 4.39 Å². The summed E-state index contributed by atoms with van der Waals surface area (Å²) in [5.74, 6) is 6.30. The van der Waals surface area contributed by atoms with Crippen LogP contribution in [0.5, 0.6) is 0 Å². The van der Waals surface area contributed by atoms with E-state index in [2.05, 4.69) is 33.7 Å². The van der Waals surface area contributed by atoms with E-state index in [4.69, 9.17) is 0 Å². The Kier molecular flexibility index (Phi) is 5.15. The minimum Gasteiger partial charge on any atom is -0.304 e. The van der Waals surface area contributed by atoms with E-state index in [0.29, 0.717) is 0 Å². The van der Waals surface area contributed by atoms with Gasteiger partial charge >= 0.3 is 0 Å².